The van der Waals surface area contributed by atoms with Crippen LogP contribution in [0.3, 0.4) is 0 Å². The number of β-amino-alcohol motifs (C(OH)–C–C–N with tert-alkyl or cyclic N) is 1. The number of hydrogen-bond acceptors (Lipinski definition) is 6. The van der Waals surface area contributed by atoms with Gasteiger partial charge in [-0.2, -0.15) is 4.98 Å². The third-order valence-corrected chi connectivity index (χ3v) is 4.45. The van der Waals surface area contributed by atoms with Crippen molar-refractivity contribution in [1.29, 1.82) is 0 Å². The second kappa shape index (κ2) is 7.42. The van der Waals surface area contributed by atoms with Crippen LogP contribution in [0.4, 0.5) is 0 Å². The molecule has 0 unspecified atom stereocenters. The van der Waals surface area contributed by atoms with Gasteiger partial charge in [0.1, 0.15) is 0 Å². The Morgan fingerprint density at radius 3 is 2.92 bits per heavy atom. The van der Waals surface area contributed by atoms with Crippen molar-refractivity contribution in [3.63, 3.8) is 0 Å². The van der Waals surface area contributed by atoms with Crippen LogP contribution in [0.5, 0.6) is 0 Å². The van der Waals surface area contributed by atoms with Crippen LogP contribution in [0.15, 0.2) is 28.8 Å². The highest BCUT2D eigenvalue weighted by Crippen LogP contribution is 2.18. The van der Waals surface area contributed by atoms with E-state index in [0.717, 1.165) is 31.7 Å². The van der Waals surface area contributed by atoms with Crippen molar-refractivity contribution in [1.82, 2.24) is 19.9 Å². The highest BCUT2D eigenvalue weighted by Gasteiger charge is 2.25. The maximum atomic E-state index is 9.57. The summed E-state index contributed by atoms with van der Waals surface area (Å²) in [5, 5.41) is 13.7. The third-order valence-electron chi connectivity index (χ3n) is 4.45. The maximum Gasteiger partial charge on any atom is 0.241 e. The Labute approximate surface area is 143 Å². The number of aliphatic hydroxyl groups is 1. The van der Waals surface area contributed by atoms with Gasteiger partial charge in [0, 0.05) is 37.8 Å². The SMILES string of the molecule is Cc1cccc(-c2noc(CN3CCN(C[C@@H](C)O)[C@H](C)C3)n2)c1. The summed E-state index contributed by atoms with van der Waals surface area (Å²) in [4.78, 5) is 9.19. The molecule has 0 spiro atoms. The van der Waals surface area contributed by atoms with Crippen LogP contribution >= 0.6 is 0 Å². The van der Waals surface area contributed by atoms with Crippen LogP contribution in [-0.2, 0) is 6.54 Å². The van der Waals surface area contributed by atoms with E-state index in [1.807, 2.05) is 19.1 Å². The molecule has 0 saturated carbocycles. The molecular formula is C18H26N4O2. The lowest BCUT2D eigenvalue weighted by Crippen LogP contribution is -2.53. The Hall–Kier alpha value is -1.76. The Kier molecular flexibility index (Phi) is 5.28. The zero-order chi connectivity index (χ0) is 17.1. The quantitative estimate of drug-likeness (QED) is 0.904. The van der Waals surface area contributed by atoms with Crippen molar-refractivity contribution >= 4 is 0 Å². The molecular weight excluding hydrogens is 304 g/mol. The molecule has 130 valence electrons. The fourth-order valence-corrected chi connectivity index (χ4v) is 3.24. The van der Waals surface area contributed by atoms with Crippen molar-refractivity contribution in [3.8, 4) is 11.4 Å². The largest absolute Gasteiger partial charge is 0.392 e. The lowest BCUT2D eigenvalue weighted by Gasteiger charge is -2.39. The molecule has 1 fully saturated rings. The first-order valence-corrected chi connectivity index (χ1v) is 8.55. The number of rotatable bonds is 5. The number of nitrogens with zero attached hydrogens (tertiary/aromatic N) is 4. The molecule has 1 aliphatic heterocycles. The van der Waals surface area contributed by atoms with E-state index in [2.05, 4.69) is 45.9 Å². The normalized spacial score (nSPS) is 21.1. The monoisotopic (exact) mass is 330 g/mol. The predicted octanol–water partition coefficient (Wildman–Crippen LogP) is 1.93. The molecule has 0 bridgehead atoms. The molecule has 1 aliphatic rings. The van der Waals surface area contributed by atoms with Crippen molar-refractivity contribution < 1.29 is 9.63 Å². The van der Waals surface area contributed by atoms with E-state index in [4.69, 9.17) is 4.52 Å². The van der Waals surface area contributed by atoms with Gasteiger partial charge < -0.3 is 9.63 Å². The van der Waals surface area contributed by atoms with E-state index in [9.17, 15) is 5.11 Å². The van der Waals surface area contributed by atoms with Crippen LogP contribution < -0.4 is 0 Å². The molecule has 2 aromatic rings. The van der Waals surface area contributed by atoms with Crippen LogP contribution in [0.2, 0.25) is 0 Å². The van der Waals surface area contributed by atoms with Crippen molar-refractivity contribution in [3.05, 3.63) is 35.7 Å². The van der Waals surface area contributed by atoms with Gasteiger partial charge in [0.15, 0.2) is 0 Å². The number of benzene rings is 1. The van der Waals surface area contributed by atoms with E-state index >= 15 is 0 Å². The molecule has 0 aliphatic carbocycles. The van der Waals surface area contributed by atoms with E-state index in [0.29, 0.717) is 24.3 Å². The van der Waals surface area contributed by atoms with Crippen molar-refractivity contribution in [2.75, 3.05) is 26.2 Å². The van der Waals surface area contributed by atoms with Gasteiger partial charge in [0.2, 0.25) is 11.7 Å². The highest BCUT2D eigenvalue weighted by molar-refractivity contribution is 5.55. The summed E-state index contributed by atoms with van der Waals surface area (Å²) in [6, 6.07) is 8.53. The smallest absolute Gasteiger partial charge is 0.241 e. The lowest BCUT2D eigenvalue weighted by atomic mass is 10.1. The molecule has 1 aromatic heterocycles. The summed E-state index contributed by atoms with van der Waals surface area (Å²) in [6.07, 6.45) is -0.285. The molecule has 6 nitrogen and oxygen atoms in total. The Morgan fingerprint density at radius 2 is 2.21 bits per heavy atom. The van der Waals surface area contributed by atoms with Gasteiger partial charge in [-0.1, -0.05) is 28.9 Å². The van der Waals surface area contributed by atoms with Crippen LogP contribution in [-0.4, -0.2) is 63.4 Å². The van der Waals surface area contributed by atoms with Crippen LogP contribution in [0, 0.1) is 6.92 Å². The first-order chi connectivity index (χ1) is 11.5. The van der Waals surface area contributed by atoms with Crippen LogP contribution in [0.25, 0.3) is 11.4 Å². The number of aliphatic hydroxyl groups excluding tert-OH is 1. The van der Waals surface area contributed by atoms with Gasteiger partial charge >= 0.3 is 0 Å². The Balaban J connectivity index is 1.60. The second-order valence-corrected chi connectivity index (χ2v) is 6.81. The second-order valence-electron chi connectivity index (χ2n) is 6.81. The number of aromatic nitrogens is 2. The van der Waals surface area contributed by atoms with Gasteiger partial charge in [0.05, 0.1) is 12.6 Å². The third kappa shape index (κ3) is 4.20. The van der Waals surface area contributed by atoms with Crippen molar-refractivity contribution in [2.45, 2.75) is 39.5 Å². The van der Waals surface area contributed by atoms with E-state index < -0.39 is 0 Å². The topological polar surface area (TPSA) is 65.6 Å². The molecule has 0 radical (unpaired) electrons. The van der Waals surface area contributed by atoms with Crippen molar-refractivity contribution in [2.24, 2.45) is 0 Å². The molecule has 0 amide bonds. The molecule has 1 N–H and O–H groups in total. The summed E-state index contributed by atoms with van der Waals surface area (Å²) < 4.78 is 5.43. The van der Waals surface area contributed by atoms with E-state index in [1.54, 1.807) is 0 Å². The molecule has 3 rings (SSSR count). The van der Waals surface area contributed by atoms with Gasteiger partial charge in [-0.25, -0.2) is 0 Å². The fraction of sp³-hybridized carbons (Fsp3) is 0.556. The predicted molar refractivity (Wildman–Crippen MR) is 92.5 cm³/mol. The van der Waals surface area contributed by atoms with Crippen LogP contribution in [0.1, 0.15) is 25.3 Å². The van der Waals surface area contributed by atoms with E-state index in [-0.39, 0.29) is 6.10 Å². The fourth-order valence-electron chi connectivity index (χ4n) is 3.24. The summed E-state index contributed by atoms with van der Waals surface area (Å²) in [6.45, 7) is 10.3. The minimum Gasteiger partial charge on any atom is -0.392 e. The number of piperazine rings is 1. The average Bonchev–Trinajstić information content (AvgIpc) is 2.98. The maximum absolute atomic E-state index is 9.57. The summed E-state index contributed by atoms with van der Waals surface area (Å²) in [5.41, 5.74) is 2.17. The first kappa shape index (κ1) is 17.1. The minimum absolute atomic E-state index is 0.285. The molecule has 1 saturated heterocycles. The molecule has 1 aromatic carbocycles. The summed E-state index contributed by atoms with van der Waals surface area (Å²) >= 11 is 0. The zero-order valence-electron chi connectivity index (χ0n) is 14.6. The van der Waals surface area contributed by atoms with Gasteiger partial charge in [0.25, 0.3) is 0 Å². The first-order valence-electron chi connectivity index (χ1n) is 8.55. The number of aryl methyl sites for hydroxylation is 1. The summed E-state index contributed by atoms with van der Waals surface area (Å²) in [7, 11) is 0. The zero-order valence-corrected chi connectivity index (χ0v) is 14.6. The Bertz CT molecular complexity index is 671. The van der Waals surface area contributed by atoms with E-state index in [1.165, 1.54) is 5.56 Å². The molecule has 2 heterocycles. The summed E-state index contributed by atoms with van der Waals surface area (Å²) in [5.74, 6) is 1.30. The van der Waals surface area contributed by atoms with Gasteiger partial charge in [-0.3, -0.25) is 9.80 Å². The molecule has 6 heteroatoms. The average molecular weight is 330 g/mol. The Morgan fingerprint density at radius 1 is 1.38 bits per heavy atom. The minimum atomic E-state index is -0.285. The van der Waals surface area contributed by atoms with Gasteiger partial charge in [-0.15, -0.1) is 0 Å². The number of hydrogen-bond donors (Lipinski definition) is 1. The lowest BCUT2D eigenvalue weighted by molar-refractivity contribution is 0.0385. The standard InChI is InChI=1S/C18H26N4O2/c1-13-5-4-6-16(9-13)18-19-17(24-20-18)12-21-7-8-22(11-15(3)23)14(2)10-21/h4-6,9,14-15,23H,7-8,10-12H2,1-3H3/t14-,15-/m1/s1. The van der Waals surface area contributed by atoms with Gasteiger partial charge in [-0.05, 0) is 26.8 Å². The highest BCUT2D eigenvalue weighted by atomic mass is 16.5. The molecule has 24 heavy (non-hydrogen) atoms. The molecule has 2 atom stereocenters.